The van der Waals surface area contributed by atoms with Gasteiger partial charge in [-0.05, 0) is 55.3 Å². The third kappa shape index (κ3) is 2.54. The van der Waals surface area contributed by atoms with Crippen molar-refractivity contribution in [2.45, 2.75) is 80.3 Å². The van der Waals surface area contributed by atoms with Crippen LogP contribution in [0.3, 0.4) is 0 Å². The van der Waals surface area contributed by atoms with Crippen LogP contribution in [0.25, 0.3) is 0 Å². The second kappa shape index (κ2) is 3.98. The Morgan fingerprint density at radius 1 is 1.00 bits per heavy atom. The van der Waals surface area contributed by atoms with Gasteiger partial charge in [0.2, 0.25) is 0 Å². The molecule has 1 aliphatic carbocycles. The van der Waals surface area contributed by atoms with Crippen LogP contribution in [0, 0.1) is 22.2 Å². The fourth-order valence-corrected chi connectivity index (χ4v) is 2.90. The van der Waals surface area contributed by atoms with Crippen molar-refractivity contribution >= 4 is 0 Å². The number of hydrogen-bond acceptors (Lipinski definition) is 1. The Morgan fingerprint density at radius 3 is 1.65 bits per heavy atom. The van der Waals surface area contributed by atoms with Crippen LogP contribution in [0.1, 0.15) is 74.7 Å². The molecule has 0 amide bonds. The first-order chi connectivity index (χ1) is 7.36. The van der Waals surface area contributed by atoms with Gasteiger partial charge in [-0.3, -0.25) is 0 Å². The number of hydrogen-bond donors (Lipinski definition) is 1. The van der Waals surface area contributed by atoms with Gasteiger partial charge in [0.15, 0.2) is 0 Å². The van der Waals surface area contributed by atoms with Gasteiger partial charge in [0.05, 0.1) is 5.60 Å². The Labute approximate surface area is 108 Å². The zero-order valence-electron chi connectivity index (χ0n) is 13.1. The molecule has 0 aromatic rings. The van der Waals surface area contributed by atoms with Crippen molar-refractivity contribution in [3.8, 4) is 0 Å². The molecule has 0 spiro atoms. The summed E-state index contributed by atoms with van der Waals surface area (Å²) in [6, 6.07) is 0. The predicted octanol–water partition coefficient (Wildman–Crippen LogP) is 4.64. The van der Waals surface area contributed by atoms with Gasteiger partial charge in [-0.2, -0.15) is 0 Å². The zero-order valence-corrected chi connectivity index (χ0v) is 13.1. The maximum Gasteiger partial charge on any atom is 0.0647 e. The first-order valence-corrected chi connectivity index (χ1v) is 7.08. The Hall–Kier alpha value is -0.0400. The van der Waals surface area contributed by atoms with E-state index in [1.807, 2.05) is 13.8 Å². The maximum atomic E-state index is 10.5. The summed E-state index contributed by atoms with van der Waals surface area (Å²) in [5.74, 6) is 0.692. The molecular formula is C16H32O. The third-order valence-corrected chi connectivity index (χ3v) is 6.07. The molecule has 1 fully saturated rings. The van der Waals surface area contributed by atoms with Crippen LogP contribution in [0.2, 0.25) is 0 Å². The van der Waals surface area contributed by atoms with Crippen LogP contribution in [0.5, 0.6) is 0 Å². The summed E-state index contributed by atoms with van der Waals surface area (Å²) in [7, 11) is 0. The van der Waals surface area contributed by atoms with Crippen LogP contribution in [-0.2, 0) is 0 Å². The fourth-order valence-electron chi connectivity index (χ4n) is 2.90. The van der Waals surface area contributed by atoms with Crippen molar-refractivity contribution in [1.82, 2.24) is 0 Å². The number of aliphatic hydroxyl groups is 1. The lowest BCUT2D eigenvalue weighted by Gasteiger charge is -2.48. The summed E-state index contributed by atoms with van der Waals surface area (Å²) in [5, 5.41) is 10.5. The molecule has 17 heavy (non-hydrogen) atoms. The highest BCUT2D eigenvalue weighted by molar-refractivity contribution is 5.10. The Balaban J connectivity index is 2.91. The monoisotopic (exact) mass is 240 g/mol. The van der Waals surface area contributed by atoms with E-state index >= 15 is 0 Å². The summed E-state index contributed by atoms with van der Waals surface area (Å²) in [6.45, 7) is 17.8. The third-order valence-electron chi connectivity index (χ3n) is 6.07. The summed E-state index contributed by atoms with van der Waals surface area (Å²) in [5.41, 5.74) is 0.0980. The van der Waals surface area contributed by atoms with E-state index in [2.05, 4.69) is 41.5 Å². The molecule has 1 nitrogen and oxygen atoms in total. The van der Waals surface area contributed by atoms with Gasteiger partial charge in [0.1, 0.15) is 0 Å². The Kier molecular flexibility index (Phi) is 3.52. The maximum absolute atomic E-state index is 10.5. The zero-order chi connectivity index (χ0) is 13.7. The smallest absolute Gasteiger partial charge is 0.0647 e. The summed E-state index contributed by atoms with van der Waals surface area (Å²) < 4.78 is 0. The standard InChI is InChI=1S/C16H32O/c1-12(2)13(3,4)11-16(9-10-16)14(5,6)15(7,8)17/h12,17H,9-11H2,1-8H3. The molecule has 0 radical (unpaired) electrons. The molecule has 0 saturated heterocycles. The van der Waals surface area contributed by atoms with Crippen molar-refractivity contribution in [1.29, 1.82) is 0 Å². The first-order valence-electron chi connectivity index (χ1n) is 7.08. The van der Waals surface area contributed by atoms with Gasteiger partial charge >= 0.3 is 0 Å². The van der Waals surface area contributed by atoms with Crippen molar-refractivity contribution in [3.05, 3.63) is 0 Å². The molecule has 0 aromatic carbocycles. The topological polar surface area (TPSA) is 20.2 Å². The lowest BCUT2D eigenvalue weighted by atomic mass is 9.59. The molecule has 0 bridgehead atoms. The summed E-state index contributed by atoms with van der Waals surface area (Å²) >= 11 is 0. The molecule has 1 heteroatoms. The normalized spacial score (nSPS) is 20.8. The van der Waals surface area contributed by atoms with Gasteiger partial charge in [-0.1, -0.05) is 41.5 Å². The van der Waals surface area contributed by atoms with Crippen LogP contribution in [0.4, 0.5) is 0 Å². The second-order valence-corrected chi connectivity index (χ2v) is 8.28. The minimum absolute atomic E-state index is 0.00778. The van der Waals surface area contributed by atoms with Gasteiger partial charge < -0.3 is 5.11 Å². The second-order valence-electron chi connectivity index (χ2n) is 8.28. The van der Waals surface area contributed by atoms with E-state index < -0.39 is 5.60 Å². The van der Waals surface area contributed by atoms with Crippen molar-refractivity contribution in [3.63, 3.8) is 0 Å². The van der Waals surface area contributed by atoms with Crippen molar-refractivity contribution in [2.24, 2.45) is 22.2 Å². The molecule has 0 heterocycles. The highest BCUT2D eigenvalue weighted by Gasteiger charge is 2.60. The van der Waals surface area contributed by atoms with Gasteiger partial charge in [-0.15, -0.1) is 0 Å². The molecule has 0 atom stereocenters. The lowest BCUT2D eigenvalue weighted by molar-refractivity contribution is -0.0911. The van der Waals surface area contributed by atoms with E-state index in [4.69, 9.17) is 0 Å². The van der Waals surface area contributed by atoms with Crippen LogP contribution in [0.15, 0.2) is 0 Å². The van der Waals surface area contributed by atoms with Crippen molar-refractivity contribution in [2.75, 3.05) is 0 Å². The lowest BCUT2D eigenvalue weighted by Crippen LogP contribution is -2.47. The molecule has 0 unspecified atom stereocenters. The van der Waals surface area contributed by atoms with E-state index in [9.17, 15) is 5.11 Å². The van der Waals surface area contributed by atoms with Gasteiger partial charge in [-0.25, -0.2) is 0 Å². The highest BCUT2D eigenvalue weighted by Crippen LogP contribution is 2.67. The van der Waals surface area contributed by atoms with E-state index in [-0.39, 0.29) is 5.41 Å². The predicted molar refractivity (Wildman–Crippen MR) is 75.0 cm³/mol. The molecule has 0 aromatic heterocycles. The molecule has 1 saturated carbocycles. The molecule has 1 aliphatic rings. The van der Waals surface area contributed by atoms with Crippen LogP contribution in [-0.4, -0.2) is 10.7 Å². The fraction of sp³-hybridized carbons (Fsp3) is 1.00. The molecular weight excluding hydrogens is 208 g/mol. The summed E-state index contributed by atoms with van der Waals surface area (Å²) in [6.07, 6.45) is 3.79. The minimum Gasteiger partial charge on any atom is -0.390 e. The van der Waals surface area contributed by atoms with Crippen molar-refractivity contribution < 1.29 is 5.11 Å². The van der Waals surface area contributed by atoms with Crippen LogP contribution >= 0.6 is 0 Å². The highest BCUT2D eigenvalue weighted by atomic mass is 16.3. The van der Waals surface area contributed by atoms with Crippen LogP contribution < -0.4 is 0 Å². The average Bonchev–Trinajstić information content (AvgIpc) is 2.82. The first kappa shape index (κ1) is 15.0. The van der Waals surface area contributed by atoms with Gasteiger partial charge in [0, 0.05) is 0 Å². The molecule has 1 N–H and O–H groups in total. The molecule has 1 rings (SSSR count). The largest absolute Gasteiger partial charge is 0.390 e. The molecule has 0 aliphatic heterocycles. The molecule has 102 valence electrons. The summed E-state index contributed by atoms with van der Waals surface area (Å²) in [4.78, 5) is 0. The Morgan fingerprint density at radius 2 is 1.41 bits per heavy atom. The quantitative estimate of drug-likeness (QED) is 0.742. The van der Waals surface area contributed by atoms with E-state index in [0.29, 0.717) is 16.7 Å². The SMILES string of the molecule is CC(C)C(C)(C)CC1(C(C)(C)C(C)(C)O)CC1. The van der Waals surface area contributed by atoms with E-state index in [0.717, 1.165) is 0 Å². The van der Waals surface area contributed by atoms with E-state index in [1.54, 1.807) is 0 Å². The van der Waals surface area contributed by atoms with E-state index in [1.165, 1.54) is 19.3 Å². The Bertz CT molecular complexity index is 274. The number of rotatable bonds is 5. The van der Waals surface area contributed by atoms with Gasteiger partial charge in [0.25, 0.3) is 0 Å². The average molecular weight is 240 g/mol. The minimum atomic E-state index is -0.601.